The van der Waals surface area contributed by atoms with Gasteiger partial charge < -0.3 is 9.88 Å². The standard InChI is InChI=1S/C16H22N4O3S3/c1-19-9-6-18-16(19)25-11-7-17-15(21)13-4-2-8-20(12-13)26(22,23)14-5-3-10-24-14/h3,5-6,9-10,13H,2,4,7-8,11-12H2,1H3,(H,17,21). The van der Waals surface area contributed by atoms with Crippen molar-refractivity contribution in [1.82, 2.24) is 19.2 Å². The van der Waals surface area contributed by atoms with Crippen LogP contribution in [0.3, 0.4) is 0 Å². The number of piperidine rings is 1. The van der Waals surface area contributed by atoms with Gasteiger partial charge in [-0.05, 0) is 24.3 Å². The molecule has 3 heterocycles. The van der Waals surface area contributed by atoms with E-state index in [0.717, 1.165) is 17.3 Å². The number of hydrogen-bond donors (Lipinski definition) is 1. The Morgan fingerprint density at radius 1 is 1.50 bits per heavy atom. The Morgan fingerprint density at radius 2 is 2.35 bits per heavy atom. The van der Waals surface area contributed by atoms with Crippen molar-refractivity contribution < 1.29 is 13.2 Å². The van der Waals surface area contributed by atoms with E-state index in [9.17, 15) is 13.2 Å². The van der Waals surface area contributed by atoms with Crippen LogP contribution >= 0.6 is 23.1 Å². The minimum absolute atomic E-state index is 0.0727. The number of sulfonamides is 1. The van der Waals surface area contributed by atoms with Gasteiger partial charge in [0.25, 0.3) is 10.0 Å². The third-order valence-corrected chi connectivity index (χ3v) is 8.55. The van der Waals surface area contributed by atoms with E-state index in [0.29, 0.717) is 23.7 Å². The molecule has 1 fully saturated rings. The number of imidazole rings is 1. The molecule has 142 valence electrons. The van der Waals surface area contributed by atoms with Crippen molar-refractivity contribution in [3.05, 3.63) is 29.9 Å². The third-order valence-electron chi connectivity index (χ3n) is 4.25. The van der Waals surface area contributed by atoms with Gasteiger partial charge >= 0.3 is 0 Å². The van der Waals surface area contributed by atoms with Gasteiger partial charge in [0, 0.05) is 44.8 Å². The van der Waals surface area contributed by atoms with Gasteiger partial charge in [0.05, 0.1) is 5.92 Å². The molecule has 0 aromatic carbocycles. The second-order valence-corrected chi connectivity index (χ2v) is 10.3. The Kier molecular flexibility index (Phi) is 6.38. The topological polar surface area (TPSA) is 84.3 Å². The smallest absolute Gasteiger partial charge is 0.252 e. The molecule has 2 aromatic rings. The molecule has 2 aromatic heterocycles. The number of carbonyl (C=O) groups excluding carboxylic acids is 1. The number of aromatic nitrogens is 2. The molecule has 7 nitrogen and oxygen atoms in total. The maximum Gasteiger partial charge on any atom is 0.252 e. The van der Waals surface area contributed by atoms with E-state index in [1.54, 1.807) is 35.5 Å². The van der Waals surface area contributed by atoms with Gasteiger partial charge in [-0.2, -0.15) is 4.31 Å². The van der Waals surface area contributed by atoms with Gasteiger partial charge in [-0.3, -0.25) is 4.79 Å². The molecular weight excluding hydrogens is 392 g/mol. The first-order valence-electron chi connectivity index (χ1n) is 8.40. The van der Waals surface area contributed by atoms with Crippen molar-refractivity contribution in [1.29, 1.82) is 0 Å². The molecule has 0 radical (unpaired) electrons. The van der Waals surface area contributed by atoms with E-state index in [-0.39, 0.29) is 18.4 Å². The molecule has 0 saturated carbocycles. The van der Waals surface area contributed by atoms with E-state index in [4.69, 9.17) is 0 Å². The SMILES string of the molecule is Cn1ccnc1SCCNC(=O)C1CCCN(S(=O)(=O)c2cccs2)C1. The maximum absolute atomic E-state index is 12.6. The number of nitrogens with one attached hydrogen (secondary N) is 1. The van der Waals surface area contributed by atoms with Crippen LogP contribution in [0.1, 0.15) is 12.8 Å². The predicted molar refractivity (Wildman–Crippen MR) is 103 cm³/mol. The molecule has 1 aliphatic rings. The lowest BCUT2D eigenvalue weighted by molar-refractivity contribution is -0.125. The second kappa shape index (κ2) is 8.55. The minimum Gasteiger partial charge on any atom is -0.355 e. The molecule has 26 heavy (non-hydrogen) atoms. The Labute approximate surface area is 161 Å². The molecule has 1 atom stereocenters. The van der Waals surface area contributed by atoms with Crippen LogP contribution in [0.25, 0.3) is 0 Å². The average Bonchev–Trinajstić information content (AvgIpc) is 3.31. The normalized spacial score (nSPS) is 18.7. The Bertz CT molecular complexity index is 833. The summed E-state index contributed by atoms with van der Waals surface area (Å²) in [5.41, 5.74) is 0. The second-order valence-electron chi connectivity index (χ2n) is 6.09. The highest BCUT2D eigenvalue weighted by atomic mass is 32.2. The third kappa shape index (κ3) is 4.48. The van der Waals surface area contributed by atoms with E-state index < -0.39 is 10.0 Å². The van der Waals surface area contributed by atoms with E-state index >= 15 is 0 Å². The van der Waals surface area contributed by atoms with Gasteiger partial charge in [0.2, 0.25) is 5.91 Å². The van der Waals surface area contributed by atoms with Crippen LogP contribution in [0, 0.1) is 5.92 Å². The van der Waals surface area contributed by atoms with Crippen LogP contribution in [0.15, 0.2) is 39.3 Å². The van der Waals surface area contributed by atoms with Crippen molar-refractivity contribution in [2.75, 3.05) is 25.4 Å². The quantitative estimate of drug-likeness (QED) is 0.552. The van der Waals surface area contributed by atoms with E-state index in [1.165, 1.54) is 15.6 Å². The lowest BCUT2D eigenvalue weighted by Gasteiger charge is -2.30. The number of nitrogens with zero attached hydrogens (tertiary/aromatic N) is 3. The van der Waals surface area contributed by atoms with Crippen LogP contribution in [-0.4, -0.2) is 53.6 Å². The van der Waals surface area contributed by atoms with Gasteiger partial charge in [-0.1, -0.05) is 17.8 Å². The summed E-state index contributed by atoms with van der Waals surface area (Å²) < 4.78 is 29.0. The highest BCUT2D eigenvalue weighted by Gasteiger charge is 2.33. The van der Waals surface area contributed by atoms with E-state index in [2.05, 4.69) is 10.3 Å². The number of thiophene rings is 1. The first-order valence-corrected chi connectivity index (χ1v) is 11.7. The zero-order valence-electron chi connectivity index (χ0n) is 14.5. The fraction of sp³-hybridized carbons (Fsp3) is 0.500. The monoisotopic (exact) mass is 414 g/mol. The highest BCUT2D eigenvalue weighted by Crippen LogP contribution is 2.26. The molecule has 3 rings (SSSR count). The molecule has 1 aliphatic heterocycles. The Morgan fingerprint density at radius 3 is 3.04 bits per heavy atom. The number of aryl methyl sites for hydroxylation is 1. The number of hydrogen-bond acceptors (Lipinski definition) is 6. The highest BCUT2D eigenvalue weighted by molar-refractivity contribution is 7.99. The number of carbonyl (C=O) groups is 1. The van der Waals surface area contributed by atoms with Crippen molar-refractivity contribution >= 4 is 39.0 Å². The summed E-state index contributed by atoms with van der Waals surface area (Å²) in [6, 6.07) is 3.34. The molecule has 1 amide bonds. The van der Waals surface area contributed by atoms with Crippen LogP contribution in [-0.2, 0) is 21.9 Å². The number of thioether (sulfide) groups is 1. The predicted octanol–water partition coefficient (Wildman–Crippen LogP) is 1.79. The van der Waals surface area contributed by atoms with E-state index in [1.807, 2.05) is 17.8 Å². The molecule has 10 heteroatoms. The number of amides is 1. The van der Waals surface area contributed by atoms with Crippen molar-refractivity contribution in [2.24, 2.45) is 13.0 Å². The van der Waals surface area contributed by atoms with Crippen LogP contribution in [0.2, 0.25) is 0 Å². The zero-order valence-corrected chi connectivity index (χ0v) is 16.9. The molecule has 0 spiro atoms. The molecule has 0 bridgehead atoms. The first kappa shape index (κ1) is 19.4. The Hall–Kier alpha value is -1.36. The summed E-state index contributed by atoms with van der Waals surface area (Å²) in [5.74, 6) is 0.355. The zero-order chi connectivity index (χ0) is 18.6. The molecular formula is C16H22N4O3S3. The molecule has 0 aliphatic carbocycles. The van der Waals surface area contributed by atoms with Gasteiger partial charge in [-0.25, -0.2) is 13.4 Å². The van der Waals surface area contributed by atoms with Crippen LogP contribution in [0.5, 0.6) is 0 Å². The summed E-state index contributed by atoms with van der Waals surface area (Å²) >= 11 is 2.79. The average molecular weight is 415 g/mol. The maximum atomic E-state index is 12.6. The number of rotatable bonds is 7. The van der Waals surface area contributed by atoms with Crippen molar-refractivity contribution in [3.63, 3.8) is 0 Å². The molecule has 1 saturated heterocycles. The molecule has 1 unspecified atom stereocenters. The summed E-state index contributed by atoms with van der Waals surface area (Å²) in [7, 11) is -1.56. The molecule has 1 N–H and O–H groups in total. The fourth-order valence-electron chi connectivity index (χ4n) is 2.86. The summed E-state index contributed by atoms with van der Waals surface area (Å²) in [6.07, 6.45) is 5.04. The van der Waals surface area contributed by atoms with Gasteiger partial charge in [-0.15, -0.1) is 11.3 Å². The lowest BCUT2D eigenvalue weighted by atomic mass is 9.99. The first-order chi connectivity index (χ1) is 12.5. The van der Waals surface area contributed by atoms with Crippen LogP contribution in [0.4, 0.5) is 0 Å². The van der Waals surface area contributed by atoms with Crippen molar-refractivity contribution in [3.8, 4) is 0 Å². The van der Waals surface area contributed by atoms with Gasteiger partial charge in [0.15, 0.2) is 5.16 Å². The van der Waals surface area contributed by atoms with Crippen LogP contribution < -0.4 is 5.32 Å². The minimum atomic E-state index is -3.49. The summed E-state index contributed by atoms with van der Waals surface area (Å²) in [5, 5.41) is 5.58. The van der Waals surface area contributed by atoms with Crippen molar-refractivity contribution in [2.45, 2.75) is 22.2 Å². The fourth-order valence-corrected chi connectivity index (χ4v) is 6.32. The largest absolute Gasteiger partial charge is 0.355 e. The summed E-state index contributed by atoms with van der Waals surface area (Å²) in [6.45, 7) is 1.25. The lowest BCUT2D eigenvalue weighted by Crippen LogP contribution is -2.45. The summed E-state index contributed by atoms with van der Waals surface area (Å²) in [4.78, 5) is 16.6. The Balaban J connectivity index is 1.49. The van der Waals surface area contributed by atoms with Gasteiger partial charge in [0.1, 0.15) is 4.21 Å².